The molecule has 0 bridgehead atoms. The van der Waals surface area contributed by atoms with Crippen LogP contribution in [0.4, 0.5) is 0 Å². The second-order valence-electron chi connectivity index (χ2n) is 8.02. The smallest absolute Gasteiger partial charge is 0.0154 e. The molecule has 1 nitrogen and oxygen atoms in total. The van der Waals surface area contributed by atoms with Gasteiger partial charge in [0.25, 0.3) is 0 Å². The van der Waals surface area contributed by atoms with Gasteiger partial charge in [-0.3, -0.25) is 0 Å². The summed E-state index contributed by atoms with van der Waals surface area (Å²) in [5.74, 6) is 0.873. The van der Waals surface area contributed by atoms with Crippen molar-refractivity contribution in [3.8, 4) is 0 Å². The number of unbranched alkanes of at least 4 members (excludes halogenated alkanes) is 4. The Hall–Kier alpha value is -0.0400. The first-order chi connectivity index (χ1) is 8.87. The molecule has 0 spiro atoms. The summed E-state index contributed by atoms with van der Waals surface area (Å²) in [5, 5.41) is 0. The molecule has 2 unspecified atom stereocenters. The van der Waals surface area contributed by atoms with Gasteiger partial charge in [-0.2, -0.15) is 0 Å². The van der Waals surface area contributed by atoms with Crippen molar-refractivity contribution in [3.63, 3.8) is 0 Å². The third-order valence-corrected chi connectivity index (χ3v) is 5.22. The third-order valence-electron chi connectivity index (χ3n) is 5.22. The van der Waals surface area contributed by atoms with Crippen LogP contribution in [0, 0.1) is 11.3 Å². The molecule has 1 aliphatic carbocycles. The van der Waals surface area contributed by atoms with Crippen molar-refractivity contribution in [1.29, 1.82) is 0 Å². The lowest BCUT2D eigenvalue weighted by Gasteiger charge is -2.31. The first-order valence-corrected chi connectivity index (χ1v) is 8.66. The van der Waals surface area contributed by atoms with Crippen LogP contribution in [0.2, 0.25) is 0 Å². The van der Waals surface area contributed by atoms with Crippen molar-refractivity contribution in [2.45, 2.75) is 104 Å². The summed E-state index contributed by atoms with van der Waals surface area (Å²) in [5.41, 5.74) is 7.30. The molecule has 0 aromatic rings. The van der Waals surface area contributed by atoms with Crippen LogP contribution in [0.3, 0.4) is 0 Å². The molecule has 0 radical (unpaired) electrons. The fourth-order valence-corrected chi connectivity index (χ4v) is 3.63. The predicted molar refractivity (Wildman–Crippen MR) is 86.3 cm³/mol. The molecule has 0 amide bonds. The van der Waals surface area contributed by atoms with Crippen molar-refractivity contribution >= 4 is 0 Å². The van der Waals surface area contributed by atoms with Crippen molar-refractivity contribution in [3.05, 3.63) is 0 Å². The molecular weight excluding hydrogens is 230 g/mol. The Labute approximate surface area is 121 Å². The van der Waals surface area contributed by atoms with Crippen LogP contribution in [0.5, 0.6) is 0 Å². The average Bonchev–Trinajstić information content (AvgIpc) is 2.51. The number of rotatable bonds is 6. The van der Waals surface area contributed by atoms with Crippen molar-refractivity contribution in [1.82, 2.24) is 0 Å². The van der Waals surface area contributed by atoms with E-state index in [1.807, 2.05) is 0 Å². The highest BCUT2D eigenvalue weighted by Crippen LogP contribution is 2.40. The van der Waals surface area contributed by atoms with Crippen LogP contribution in [-0.2, 0) is 0 Å². The van der Waals surface area contributed by atoms with Crippen LogP contribution in [0.15, 0.2) is 0 Å². The molecule has 1 aliphatic rings. The second-order valence-corrected chi connectivity index (χ2v) is 8.02. The maximum absolute atomic E-state index is 6.68. The molecule has 0 aliphatic heterocycles. The zero-order valence-electron chi connectivity index (χ0n) is 13.9. The van der Waals surface area contributed by atoms with Crippen LogP contribution >= 0.6 is 0 Å². The highest BCUT2D eigenvalue weighted by molar-refractivity contribution is 4.90. The van der Waals surface area contributed by atoms with E-state index in [0.717, 1.165) is 5.92 Å². The lowest BCUT2D eigenvalue weighted by molar-refractivity contribution is 0.209. The Balaban J connectivity index is 2.33. The van der Waals surface area contributed by atoms with E-state index in [0.29, 0.717) is 5.41 Å². The van der Waals surface area contributed by atoms with Crippen LogP contribution in [0.1, 0.15) is 98.3 Å². The molecule has 114 valence electrons. The summed E-state index contributed by atoms with van der Waals surface area (Å²) >= 11 is 0. The van der Waals surface area contributed by atoms with Gasteiger partial charge in [0.2, 0.25) is 0 Å². The average molecular weight is 268 g/mol. The van der Waals surface area contributed by atoms with Gasteiger partial charge in [0.05, 0.1) is 0 Å². The molecule has 1 rings (SSSR count). The fraction of sp³-hybridized carbons (Fsp3) is 1.00. The molecule has 0 saturated heterocycles. The summed E-state index contributed by atoms with van der Waals surface area (Å²) in [6, 6.07) is 0. The zero-order valence-corrected chi connectivity index (χ0v) is 13.9. The molecule has 2 N–H and O–H groups in total. The van der Waals surface area contributed by atoms with Crippen LogP contribution in [0.25, 0.3) is 0 Å². The van der Waals surface area contributed by atoms with E-state index in [4.69, 9.17) is 5.73 Å². The summed E-state index contributed by atoms with van der Waals surface area (Å²) in [7, 11) is 0. The van der Waals surface area contributed by atoms with E-state index in [2.05, 4.69) is 27.7 Å². The fourth-order valence-electron chi connectivity index (χ4n) is 3.63. The van der Waals surface area contributed by atoms with Gasteiger partial charge in [0.15, 0.2) is 0 Å². The Morgan fingerprint density at radius 3 is 2.32 bits per heavy atom. The van der Waals surface area contributed by atoms with Gasteiger partial charge in [-0.15, -0.1) is 0 Å². The van der Waals surface area contributed by atoms with E-state index in [1.165, 1.54) is 70.6 Å². The van der Waals surface area contributed by atoms with E-state index in [-0.39, 0.29) is 5.54 Å². The van der Waals surface area contributed by atoms with E-state index in [1.54, 1.807) is 0 Å². The van der Waals surface area contributed by atoms with Gasteiger partial charge < -0.3 is 5.73 Å². The summed E-state index contributed by atoms with van der Waals surface area (Å²) in [6.07, 6.45) is 14.7. The zero-order chi connectivity index (χ0) is 14.4. The van der Waals surface area contributed by atoms with Crippen molar-refractivity contribution in [2.24, 2.45) is 17.1 Å². The Morgan fingerprint density at radius 2 is 1.68 bits per heavy atom. The molecule has 1 heteroatoms. The quantitative estimate of drug-likeness (QED) is 0.487. The standard InChI is InChI=1S/C18H37N/c1-5-6-7-8-9-13-18(19)14-10-11-16(12-15-18)17(2,3)4/h16H,5-15,19H2,1-4H3. The van der Waals surface area contributed by atoms with Crippen LogP contribution < -0.4 is 5.73 Å². The Kier molecular flexibility index (Phi) is 6.86. The Morgan fingerprint density at radius 1 is 1.00 bits per heavy atom. The molecule has 2 atom stereocenters. The topological polar surface area (TPSA) is 26.0 Å². The molecule has 1 fully saturated rings. The Bertz CT molecular complexity index is 241. The van der Waals surface area contributed by atoms with Gasteiger partial charge in [-0.05, 0) is 43.4 Å². The number of nitrogens with two attached hydrogens (primary N) is 1. The molecule has 19 heavy (non-hydrogen) atoms. The number of hydrogen-bond donors (Lipinski definition) is 1. The van der Waals surface area contributed by atoms with Gasteiger partial charge >= 0.3 is 0 Å². The first-order valence-electron chi connectivity index (χ1n) is 8.66. The van der Waals surface area contributed by atoms with Gasteiger partial charge in [0, 0.05) is 5.54 Å². The lowest BCUT2D eigenvalue weighted by atomic mass is 9.76. The highest BCUT2D eigenvalue weighted by Gasteiger charge is 2.33. The van der Waals surface area contributed by atoms with Crippen molar-refractivity contribution < 1.29 is 0 Å². The predicted octanol–water partition coefficient (Wildman–Crippen LogP) is 5.67. The van der Waals surface area contributed by atoms with E-state index < -0.39 is 0 Å². The van der Waals surface area contributed by atoms with Gasteiger partial charge in [-0.1, -0.05) is 66.2 Å². The third kappa shape index (κ3) is 6.29. The maximum Gasteiger partial charge on any atom is 0.0154 e. The van der Waals surface area contributed by atoms with Crippen LogP contribution in [-0.4, -0.2) is 5.54 Å². The molecule has 0 aromatic heterocycles. The SMILES string of the molecule is CCCCCCCC1(N)CCCC(C(C)(C)C)CC1. The maximum atomic E-state index is 6.68. The summed E-state index contributed by atoms with van der Waals surface area (Å²) in [6.45, 7) is 9.46. The number of hydrogen-bond acceptors (Lipinski definition) is 1. The summed E-state index contributed by atoms with van der Waals surface area (Å²) < 4.78 is 0. The van der Waals surface area contributed by atoms with Crippen molar-refractivity contribution in [2.75, 3.05) is 0 Å². The highest BCUT2D eigenvalue weighted by atomic mass is 14.7. The molecule has 0 heterocycles. The molecule has 1 saturated carbocycles. The minimum atomic E-state index is 0.159. The van der Waals surface area contributed by atoms with Gasteiger partial charge in [-0.25, -0.2) is 0 Å². The van der Waals surface area contributed by atoms with E-state index >= 15 is 0 Å². The monoisotopic (exact) mass is 267 g/mol. The molecular formula is C18H37N. The first kappa shape index (κ1) is 17.0. The normalized spacial score (nSPS) is 29.2. The lowest BCUT2D eigenvalue weighted by Crippen LogP contribution is -2.39. The largest absolute Gasteiger partial charge is 0.325 e. The van der Waals surface area contributed by atoms with Gasteiger partial charge in [0.1, 0.15) is 0 Å². The second kappa shape index (κ2) is 7.67. The minimum Gasteiger partial charge on any atom is -0.325 e. The van der Waals surface area contributed by atoms with E-state index in [9.17, 15) is 0 Å². The minimum absolute atomic E-state index is 0.159. The summed E-state index contributed by atoms with van der Waals surface area (Å²) in [4.78, 5) is 0. The molecule has 0 aromatic carbocycles.